The Bertz CT molecular complexity index is 1300. The number of morpholine rings is 1. The van der Waals surface area contributed by atoms with E-state index in [1.54, 1.807) is 17.2 Å². The van der Waals surface area contributed by atoms with Crippen molar-refractivity contribution in [2.45, 2.75) is 6.92 Å². The molecule has 0 aliphatic carbocycles. The van der Waals surface area contributed by atoms with Crippen LogP contribution in [0.4, 0.5) is 17.3 Å². The van der Waals surface area contributed by atoms with Gasteiger partial charge in [-0.2, -0.15) is 10.4 Å². The molecule has 0 unspecified atom stereocenters. The van der Waals surface area contributed by atoms with Crippen LogP contribution in [0.1, 0.15) is 11.4 Å². The Kier molecular flexibility index (Phi) is 5.66. The number of hydrogen-bond acceptors (Lipinski definition) is 8. The number of rotatable bonds is 5. The highest BCUT2D eigenvalue weighted by molar-refractivity contribution is 5.73. The van der Waals surface area contributed by atoms with Crippen molar-refractivity contribution in [3.8, 4) is 23.0 Å². The van der Waals surface area contributed by atoms with E-state index in [-0.39, 0.29) is 0 Å². The van der Waals surface area contributed by atoms with Gasteiger partial charge in [-0.25, -0.2) is 19.6 Å². The van der Waals surface area contributed by atoms with Crippen LogP contribution in [0.2, 0.25) is 0 Å². The smallest absolute Gasteiger partial charge is 0.227 e. The van der Waals surface area contributed by atoms with Crippen LogP contribution in [0.3, 0.4) is 0 Å². The average Bonchev–Trinajstić information content (AvgIpc) is 3.31. The molecule has 3 heterocycles. The van der Waals surface area contributed by atoms with Gasteiger partial charge in [0.25, 0.3) is 0 Å². The number of hydrogen-bond donors (Lipinski definition) is 1. The minimum atomic E-state index is 0.456. The van der Waals surface area contributed by atoms with Gasteiger partial charge in [-0.1, -0.05) is 0 Å². The minimum Gasteiger partial charge on any atom is -0.378 e. The standard InChI is InChI=1S/C24H22N8O/c1-17-27-16-32(30-17)20-6-3-19(4-7-20)28-24-26-9-8-23(29-24)22-14-21(5-2-18(22)15-25)31-10-12-33-13-11-31/h2-9,14,16H,10-13H2,1H3,(H,26,28,29). The van der Waals surface area contributed by atoms with E-state index in [4.69, 9.17) is 4.74 Å². The van der Waals surface area contributed by atoms with E-state index in [1.165, 1.54) is 0 Å². The highest BCUT2D eigenvalue weighted by Gasteiger charge is 2.15. The second-order valence-corrected chi connectivity index (χ2v) is 7.61. The molecule has 2 aromatic carbocycles. The lowest BCUT2D eigenvalue weighted by Gasteiger charge is -2.29. The maximum Gasteiger partial charge on any atom is 0.227 e. The van der Waals surface area contributed by atoms with Gasteiger partial charge in [0.15, 0.2) is 0 Å². The van der Waals surface area contributed by atoms with Gasteiger partial charge in [0, 0.05) is 36.2 Å². The monoisotopic (exact) mass is 438 g/mol. The molecule has 0 saturated carbocycles. The van der Waals surface area contributed by atoms with Crippen LogP contribution in [0, 0.1) is 18.3 Å². The lowest BCUT2D eigenvalue weighted by molar-refractivity contribution is 0.122. The van der Waals surface area contributed by atoms with E-state index in [0.717, 1.165) is 41.5 Å². The van der Waals surface area contributed by atoms with Crippen molar-refractivity contribution in [3.63, 3.8) is 0 Å². The number of nitrogens with zero attached hydrogens (tertiary/aromatic N) is 7. The zero-order valence-corrected chi connectivity index (χ0v) is 18.1. The Morgan fingerprint density at radius 2 is 1.79 bits per heavy atom. The summed E-state index contributed by atoms with van der Waals surface area (Å²) in [6.07, 6.45) is 3.38. The fraction of sp³-hybridized carbons (Fsp3) is 0.208. The SMILES string of the molecule is Cc1ncn(-c2ccc(Nc3nccc(-c4cc(N5CCOCC5)ccc4C#N)n3)cc2)n1. The maximum absolute atomic E-state index is 9.65. The fourth-order valence-electron chi connectivity index (χ4n) is 3.73. The van der Waals surface area contributed by atoms with Crippen LogP contribution < -0.4 is 10.2 Å². The molecule has 2 aromatic heterocycles. The van der Waals surface area contributed by atoms with E-state index in [0.29, 0.717) is 30.4 Å². The molecule has 1 aliphatic rings. The van der Waals surface area contributed by atoms with Gasteiger partial charge >= 0.3 is 0 Å². The normalized spacial score (nSPS) is 13.5. The lowest BCUT2D eigenvalue weighted by atomic mass is 10.0. The van der Waals surface area contributed by atoms with Crippen molar-refractivity contribution in [1.29, 1.82) is 5.26 Å². The molecule has 1 aliphatic heterocycles. The van der Waals surface area contributed by atoms with Crippen molar-refractivity contribution in [2.75, 3.05) is 36.5 Å². The Morgan fingerprint density at radius 3 is 2.52 bits per heavy atom. The topological polar surface area (TPSA) is 105 Å². The van der Waals surface area contributed by atoms with Gasteiger partial charge in [-0.15, -0.1) is 0 Å². The molecular formula is C24H22N8O. The minimum absolute atomic E-state index is 0.456. The van der Waals surface area contributed by atoms with Crippen molar-refractivity contribution in [2.24, 2.45) is 0 Å². The summed E-state index contributed by atoms with van der Waals surface area (Å²) in [7, 11) is 0. The van der Waals surface area contributed by atoms with Gasteiger partial charge in [-0.3, -0.25) is 0 Å². The van der Waals surface area contributed by atoms with Crippen LogP contribution in [-0.2, 0) is 4.74 Å². The Morgan fingerprint density at radius 1 is 1.00 bits per heavy atom. The predicted octanol–water partition coefficient (Wildman–Crippen LogP) is 3.48. The first-order chi connectivity index (χ1) is 16.2. The molecule has 4 aromatic rings. The molecule has 0 radical (unpaired) electrons. The summed E-state index contributed by atoms with van der Waals surface area (Å²) in [6.45, 7) is 4.90. The number of nitrogens with one attached hydrogen (secondary N) is 1. The van der Waals surface area contributed by atoms with Crippen molar-refractivity contribution in [3.05, 3.63) is 72.4 Å². The van der Waals surface area contributed by atoms with Gasteiger partial charge in [-0.05, 0) is 55.5 Å². The van der Waals surface area contributed by atoms with Gasteiger partial charge in [0.1, 0.15) is 12.2 Å². The van der Waals surface area contributed by atoms with E-state index < -0.39 is 0 Å². The second kappa shape index (κ2) is 9.06. The molecule has 1 fully saturated rings. The van der Waals surface area contributed by atoms with Crippen molar-refractivity contribution < 1.29 is 4.74 Å². The number of ether oxygens (including phenoxy) is 1. The zero-order valence-electron chi connectivity index (χ0n) is 18.1. The molecule has 0 atom stereocenters. The number of nitriles is 1. The number of benzene rings is 2. The molecule has 1 N–H and O–H groups in total. The largest absolute Gasteiger partial charge is 0.378 e. The summed E-state index contributed by atoms with van der Waals surface area (Å²) in [6, 6.07) is 17.7. The zero-order chi connectivity index (χ0) is 22.6. The molecule has 0 amide bonds. The second-order valence-electron chi connectivity index (χ2n) is 7.61. The van der Waals surface area contributed by atoms with E-state index >= 15 is 0 Å². The van der Waals surface area contributed by atoms with Crippen LogP contribution in [-0.4, -0.2) is 51.0 Å². The molecule has 5 rings (SSSR count). The summed E-state index contributed by atoms with van der Waals surface area (Å²) >= 11 is 0. The molecule has 1 saturated heterocycles. The lowest BCUT2D eigenvalue weighted by Crippen LogP contribution is -2.36. The highest BCUT2D eigenvalue weighted by Crippen LogP contribution is 2.28. The van der Waals surface area contributed by atoms with Gasteiger partial charge < -0.3 is 15.0 Å². The molecule has 164 valence electrons. The highest BCUT2D eigenvalue weighted by atomic mass is 16.5. The van der Waals surface area contributed by atoms with Crippen LogP contribution in [0.25, 0.3) is 16.9 Å². The van der Waals surface area contributed by atoms with Crippen molar-refractivity contribution >= 4 is 17.3 Å². The molecule has 9 heteroatoms. The molecule has 0 spiro atoms. The van der Waals surface area contributed by atoms with E-state index in [9.17, 15) is 5.26 Å². The predicted molar refractivity (Wildman–Crippen MR) is 125 cm³/mol. The number of aryl methyl sites for hydroxylation is 1. The van der Waals surface area contributed by atoms with Crippen molar-refractivity contribution in [1.82, 2.24) is 24.7 Å². The van der Waals surface area contributed by atoms with Gasteiger partial charge in [0.2, 0.25) is 5.95 Å². The average molecular weight is 438 g/mol. The van der Waals surface area contributed by atoms with E-state index in [1.807, 2.05) is 55.5 Å². The van der Waals surface area contributed by atoms with E-state index in [2.05, 4.69) is 36.3 Å². The quantitative estimate of drug-likeness (QED) is 0.505. The molecule has 9 nitrogen and oxygen atoms in total. The summed E-state index contributed by atoms with van der Waals surface area (Å²) in [5, 5.41) is 17.2. The van der Waals surface area contributed by atoms with Crippen LogP contribution in [0.5, 0.6) is 0 Å². The summed E-state index contributed by atoms with van der Waals surface area (Å²) < 4.78 is 7.18. The summed E-state index contributed by atoms with van der Waals surface area (Å²) in [4.78, 5) is 15.4. The van der Waals surface area contributed by atoms with Crippen LogP contribution >= 0.6 is 0 Å². The third kappa shape index (κ3) is 4.51. The Labute approximate surface area is 191 Å². The fourth-order valence-corrected chi connectivity index (χ4v) is 3.73. The molecule has 33 heavy (non-hydrogen) atoms. The first-order valence-corrected chi connectivity index (χ1v) is 10.7. The van der Waals surface area contributed by atoms with Gasteiger partial charge in [0.05, 0.1) is 36.2 Å². The summed E-state index contributed by atoms with van der Waals surface area (Å²) in [5.41, 5.74) is 4.85. The Hall–Kier alpha value is -4.29. The number of anilines is 3. The Balaban J connectivity index is 1.39. The van der Waals surface area contributed by atoms with Crippen LogP contribution in [0.15, 0.2) is 61.1 Å². The third-order valence-electron chi connectivity index (χ3n) is 5.43. The maximum atomic E-state index is 9.65. The molecule has 0 bridgehead atoms. The first-order valence-electron chi connectivity index (χ1n) is 10.7. The molecular weight excluding hydrogens is 416 g/mol. The third-order valence-corrected chi connectivity index (χ3v) is 5.43. The first kappa shape index (κ1) is 20.6. The summed E-state index contributed by atoms with van der Waals surface area (Å²) in [5.74, 6) is 1.18. The number of aromatic nitrogens is 5.